The summed E-state index contributed by atoms with van der Waals surface area (Å²) < 4.78 is 46.8. The van der Waals surface area contributed by atoms with E-state index in [1.54, 1.807) is 12.1 Å². The van der Waals surface area contributed by atoms with Crippen molar-refractivity contribution in [3.05, 3.63) is 23.8 Å². The topological polar surface area (TPSA) is 54.9 Å². The number of nitrogens with one attached hydrogen (secondary N) is 2. The van der Waals surface area contributed by atoms with Crippen molar-refractivity contribution in [1.29, 1.82) is 0 Å². The van der Waals surface area contributed by atoms with Crippen molar-refractivity contribution in [2.75, 3.05) is 20.3 Å². The van der Waals surface area contributed by atoms with E-state index in [9.17, 15) is 13.2 Å². The van der Waals surface area contributed by atoms with Crippen molar-refractivity contribution in [2.24, 2.45) is 10.9 Å². The molecule has 1 unspecified atom stereocenters. The van der Waals surface area contributed by atoms with E-state index in [0.717, 1.165) is 12.1 Å². The van der Waals surface area contributed by atoms with Gasteiger partial charge in [0.15, 0.2) is 24.1 Å². The van der Waals surface area contributed by atoms with Crippen LogP contribution in [0.2, 0.25) is 0 Å². The zero-order valence-corrected chi connectivity index (χ0v) is 15.9. The molecule has 1 aromatic carbocycles. The zero-order valence-electron chi connectivity index (χ0n) is 15.9. The highest BCUT2D eigenvalue weighted by Crippen LogP contribution is 2.30. The van der Waals surface area contributed by atoms with E-state index in [2.05, 4.69) is 36.4 Å². The lowest BCUT2D eigenvalue weighted by Gasteiger charge is -2.20. The second-order valence-corrected chi connectivity index (χ2v) is 6.26. The number of methoxy groups -OCH3 is 1. The Morgan fingerprint density at radius 2 is 1.88 bits per heavy atom. The highest BCUT2D eigenvalue weighted by molar-refractivity contribution is 5.80. The molecule has 0 aliphatic rings. The molecule has 0 saturated heterocycles. The molecule has 1 aromatic rings. The third kappa shape index (κ3) is 7.84. The third-order valence-electron chi connectivity index (χ3n) is 3.75. The van der Waals surface area contributed by atoms with Gasteiger partial charge in [0.2, 0.25) is 0 Å². The van der Waals surface area contributed by atoms with Gasteiger partial charge in [-0.2, -0.15) is 13.2 Å². The average Bonchev–Trinajstić information content (AvgIpc) is 2.57. The number of hydrogen-bond donors (Lipinski definition) is 2. The van der Waals surface area contributed by atoms with Gasteiger partial charge in [0.1, 0.15) is 0 Å². The molecule has 1 atom stereocenters. The van der Waals surface area contributed by atoms with Crippen molar-refractivity contribution in [3.8, 4) is 11.5 Å². The first kappa shape index (κ1) is 21.9. The molecule has 5 nitrogen and oxygen atoms in total. The average molecular weight is 375 g/mol. The van der Waals surface area contributed by atoms with Crippen molar-refractivity contribution < 1.29 is 22.6 Å². The minimum atomic E-state index is -4.40. The van der Waals surface area contributed by atoms with E-state index in [0.29, 0.717) is 18.4 Å². The lowest BCUT2D eigenvalue weighted by atomic mass is 10.1. The molecule has 0 spiro atoms. The SMILES string of the molecule is CCNC(=NCc1ccc(OCC(F)(F)F)c(OC)c1)NC(C)C(C)C. The molecule has 0 amide bonds. The van der Waals surface area contributed by atoms with E-state index in [-0.39, 0.29) is 17.5 Å². The maximum absolute atomic E-state index is 12.3. The molecular weight excluding hydrogens is 347 g/mol. The molecule has 0 fully saturated rings. The van der Waals surface area contributed by atoms with Crippen LogP contribution in [0.5, 0.6) is 11.5 Å². The van der Waals surface area contributed by atoms with Gasteiger partial charge in [-0.3, -0.25) is 0 Å². The van der Waals surface area contributed by atoms with Gasteiger partial charge in [0.05, 0.1) is 13.7 Å². The van der Waals surface area contributed by atoms with Crippen LogP contribution < -0.4 is 20.1 Å². The molecule has 0 aliphatic carbocycles. The highest BCUT2D eigenvalue weighted by atomic mass is 19.4. The number of rotatable bonds is 8. The van der Waals surface area contributed by atoms with Gasteiger partial charge in [0.25, 0.3) is 0 Å². The van der Waals surface area contributed by atoms with E-state index in [1.165, 1.54) is 13.2 Å². The molecule has 2 N–H and O–H groups in total. The third-order valence-corrected chi connectivity index (χ3v) is 3.75. The summed E-state index contributed by atoms with van der Waals surface area (Å²) in [4.78, 5) is 4.51. The summed E-state index contributed by atoms with van der Waals surface area (Å²) in [6, 6.07) is 5.02. The van der Waals surface area contributed by atoms with Crippen LogP contribution in [-0.2, 0) is 6.54 Å². The summed E-state index contributed by atoms with van der Waals surface area (Å²) >= 11 is 0. The summed E-state index contributed by atoms with van der Waals surface area (Å²) in [5.41, 5.74) is 0.801. The fourth-order valence-corrected chi connectivity index (χ4v) is 1.96. The first-order chi connectivity index (χ1) is 12.2. The predicted molar refractivity (Wildman–Crippen MR) is 96.8 cm³/mol. The Morgan fingerprint density at radius 3 is 2.42 bits per heavy atom. The van der Waals surface area contributed by atoms with Gasteiger partial charge >= 0.3 is 6.18 Å². The Balaban J connectivity index is 2.84. The Hall–Kier alpha value is -2.12. The molecule has 0 radical (unpaired) electrons. The quantitative estimate of drug-likeness (QED) is 0.537. The summed E-state index contributed by atoms with van der Waals surface area (Å²) in [6.45, 7) is 8.01. The summed E-state index contributed by atoms with van der Waals surface area (Å²) in [5.74, 6) is 1.43. The molecule has 148 valence electrons. The Kier molecular flexibility index (Phi) is 8.54. The first-order valence-corrected chi connectivity index (χ1v) is 8.57. The highest BCUT2D eigenvalue weighted by Gasteiger charge is 2.29. The van der Waals surface area contributed by atoms with Crippen LogP contribution in [0.3, 0.4) is 0 Å². The van der Waals surface area contributed by atoms with Crippen LogP contribution in [-0.4, -0.2) is 38.4 Å². The zero-order chi connectivity index (χ0) is 19.7. The van der Waals surface area contributed by atoms with Crippen molar-refractivity contribution >= 4 is 5.96 Å². The number of hydrogen-bond acceptors (Lipinski definition) is 3. The molecule has 26 heavy (non-hydrogen) atoms. The molecule has 0 heterocycles. The number of benzene rings is 1. The molecule has 0 aliphatic heterocycles. The second-order valence-electron chi connectivity index (χ2n) is 6.26. The van der Waals surface area contributed by atoms with Gasteiger partial charge in [0, 0.05) is 12.6 Å². The summed E-state index contributed by atoms with van der Waals surface area (Å²) in [5, 5.41) is 6.50. The maximum atomic E-state index is 12.3. The van der Waals surface area contributed by atoms with Gasteiger partial charge in [-0.1, -0.05) is 19.9 Å². The minimum absolute atomic E-state index is 0.0519. The smallest absolute Gasteiger partial charge is 0.422 e. The van der Waals surface area contributed by atoms with E-state index < -0.39 is 12.8 Å². The monoisotopic (exact) mass is 375 g/mol. The number of ether oxygens (including phenoxy) is 2. The molecule has 8 heteroatoms. The van der Waals surface area contributed by atoms with Crippen molar-refractivity contribution in [2.45, 2.75) is 46.5 Å². The van der Waals surface area contributed by atoms with Gasteiger partial charge in [-0.05, 0) is 37.5 Å². The summed E-state index contributed by atoms with van der Waals surface area (Å²) in [6.07, 6.45) is -4.40. The molecular formula is C18H28F3N3O2. The molecule has 0 saturated carbocycles. The number of halogens is 3. The predicted octanol–water partition coefficient (Wildman–Crippen LogP) is 3.74. The standard InChI is InChI=1S/C18H28F3N3O2/c1-6-22-17(24-13(4)12(2)3)23-10-14-7-8-15(16(9-14)25-5)26-11-18(19,20)21/h7-9,12-13H,6,10-11H2,1-5H3,(H2,22,23,24). The van der Waals surface area contributed by atoms with Crippen LogP contribution in [0.4, 0.5) is 13.2 Å². The number of guanidine groups is 1. The fraction of sp³-hybridized carbons (Fsp3) is 0.611. The van der Waals surface area contributed by atoms with Crippen LogP contribution >= 0.6 is 0 Å². The van der Waals surface area contributed by atoms with E-state index in [4.69, 9.17) is 9.47 Å². The van der Waals surface area contributed by atoms with E-state index in [1.807, 2.05) is 6.92 Å². The van der Waals surface area contributed by atoms with Gasteiger partial charge in [-0.25, -0.2) is 4.99 Å². The van der Waals surface area contributed by atoms with Crippen LogP contribution in [0, 0.1) is 5.92 Å². The maximum Gasteiger partial charge on any atom is 0.422 e. The van der Waals surface area contributed by atoms with Crippen LogP contribution in [0.25, 0.3) is 0 Å². The minimum Gasteiger partial charge on any atom is -0.493 e. The van der Waals surface area contributed by atoms with Crippen LogP contribution in [0.15, 0.2) is 23.2 Å². The molecule has 0 aromatic heterocycles. The number of nitrogens with zero attached hydrogens (tertiary/aromatic N) is 1. The molecule has 0 bridgehead atoms. The van der Waals surface area contributed by atoms with E-state index >= 15 is 0 Å². The first-order valence-electron chi connectivity index (χ1n) is 8.57. The van der Waals surface area contributed by atoms with Crippen molar-refractivity contribution in [3.63, 3.8) is 0 Å². The second kappa shape index (κ2) is 10.1. The Labute approximate surface area is 153 Å². The Morgan fingerprint density at radius 1 is 1.19 bits per heavy atom. The molecule has 1 rings (SSSR count). The number of aliphatic imine (C=N–C) groups is 1. The number of alkyl halides is 3. The van der Waals surface area contributed by atoms with Crippen LogP contribution in [0.1, 0.15) is 33.3 Å². The Bertz CT molecular complexity index is 590. The lowest BCUT2D eigenvalue weighted by Crippen LogP contribution is -2.44. The fourth-order valence-electron chi connectivity index (χ4n) is 1.96. The summed E-state index contributed by atoms with van der Waals surface area (Å²) in [7, 11) is 1.39. The normalized spacial score (nSPS) is 13.5. The largest absolute Gasteiger partial charge is 0.493 e. The van der Waals surface area contributed by atoms with Crippen molar-refractivity contribution in [1.82, 2.24) is 10.6 Å². The van der Waals surface area contributed by atoms with Gasteiger partial charge in [-0.15, -0.1) is 0 Å². The van der Waals surface area contributed by atoms with Gasteiger partial charge < -0.3 is 20.1 Å². The lowest BCUT2D eigenvalue weighted by molar-refractivity contribution is -0.153.